The maximum absolute atomic E-state index is 11.2. The Bertz CT molecular complexity index is 386. The second-order valence-corrected chi connectivity index (χ2v) is 5.03. The first kappa shape index (κ1) is 12.6. The molecule has 3 nitrogen and oxygen atoms in total. The van der Waals surface area contributed by atoms with Gasteiger partial charge in [-0.15, -0.1) is 0 Å². The van der Waals surface area contributed by atoms with Crippen molar-refractivity contribution in [2.75, 3.05) is 13.1 Å². The van der Waals surface area contributed by atoms with Crippen LogP contribution in [0.5, 0.6) is 0 Å². The van der Waals surface area contributed by atoms with Crippen LogP contribution in [0.2, 0.25) is 0 Å². The molecule has 0 spiro atoms. The van der Waals surface area contributed by atoms with Crippen LogP contribution in [-0.4, -0.2) is 28.8 Å². The van der Waals surface area contributed by atoms with E-state index in [4.69, 9.17) is 17.3 Å². The zero-order chi connectivity index (χ0) is 12.3. The molecule has 2 rings (SSSR count). The molecule has 0 amide bonds. The van der Waals surface area contributed by atoms with E-state index in [0.717, 1.165) is 19.6 Å². The van der Waals surface area contributed by atoms with Gasteiger partial charge in [-0.1, -0.05) is 30.3 Å². The summed E-state index contributed by atoms with van der Waals surface area (Å²) in [5.41, 5.74) is 6.42. The van der Waals surface area contributed by atoms with Crippen LogP contribution in [0.15, 0.2) is 30.3 Å². The molecule has 0 aromatic heterocycles. The lowest BCUT2D eigenvalue weighted by Crippen LogP contribution is -2.53. The third-order valence-electron chi connectivity index (χ3n) is 3.39. The number of halogens is 1. The average molecular weight is 253 g/mol. The van der Waals surface area contributed by atoms with Gasteiger partial charge in [0.2, 0.25) is 5.24 Å². The van der Waals surface area contributed by atoms with Gasteiger partial charge < -0.3 is 5.73 Å². The van der Waals surface area contributed by atoms with E-state index in [1.807, 2.05) is 18.2 Å². The molecular weight excluding hydrogens is 236 g/mol. The van der Waals surface area contributed by atoms with Crippen LogP contribution in [0.3, 0.4) is 0 Å². The van der Waals surface area contributed by atoms with Crippen LogP contribution < -0.4 is 5.73 Å². The van der Waals surface area contributed by atoms with Gasteiger partial charge >= 0.3 is 0 Å². The van der Waals surface area contributed by atoms with Crippen LogP contribution in [0, 0.1) is 0 Å². The molecule has 0 aliphatic carbocycles. The van der Waals surface area contributed by atoms with Crippen molar-refractivity contribution in [1.29, 1.82) is 0 Å². The summed E-state index contributed by atoms with van der Waals surface area (Å²) in [6.07, 6.45) is 1.28. The molecule has 0 saturated carbocycles. The zero-order valence-corrected chi connectivity index (χ0v) is 10.5. The monoisotopic (exact) mass is 252 g/mol. The molecule has 1 aromatic rings. The lowest BCUT2D eigenvalue weighted by molar-refractivity contribution is -0.118. The lowest BCUT2D eigenvalue weighted by Gasteiger charge is -2.36. The smallest absolute Gasteiger partial charge is 0.241 e. The Labute approximate surface area is 107 Å². The summed E-state index contributed by atoms with van der Waals surface area (Å²) >= 11 is 5.52. The molecule has 1 aliphatic rings. The van der Waals surface area contributed by atoms with Crippen molar-refractivity contribution in [2.24, 2.45) is 5.73 Å². The fourth-order valence-electron chi connectivity index (χ4n) is 2.15. The second-order valence-electron chi connectivity index (χ2n) is 4.69. The Morgan fingerprint density at radius 2 is 1.88 bits per heavy atom. The number of carbonyl (C=O) groups excluding carboxylic acids is 1. The summed E-state index contributed by atoms with van der Waals surface area (Å²) in [5.74, 6) is 0. The van der Waals surface area contributed by atoms with Crippen LogP contribution in [0.1, 0.15) is 18.4 Å². The van der Waals surface area contributed by atoms with Crippen molar-refractivity contribution in [3.63, 3.8) is 0 Å². The predicted molar refractivity (Wildman–Crippen MR) is 68.7 cm³/mol. The fraction of sp³-hybridized carbons (Fsp3) is 0.462. The number of likely N-dealkylation sites (tertiary alicyclic amines) is 1. The predicted octanol–water partition coefficient (Wildman–Crippen LogP) is 1.75. The minimum absolute atomic E-state index is 0.406. The van der Waals surface area contributed by atoms with E-state index in [2.05, 4.69) is 17.0 Å². The summed E-state index contributed by atoms with van der Waals surface area (Å²) in [5, 5.41) is -0.406. The Kier molecular flexibility index (Phi) is 3.82. The van der Waals surface area contributed by atoms with Crippen molar-refractivity contribution >= 4 is 16.8 Å². The van der Waals surface area contributed by atoms with Crippen molar-refractivity contribution in [1.82, 2.24) is 4.90 Å². The third kappa shape index (κ3) is 3.06. The maximum atomic E-state index is 11.2. The molecule has 0 unspecified atom stereocenters. The molecule has 17 heavy (non-hydrogen) atoms. The van der Waals surface area contributed by atoms with Crippen LogP contribution >= 0.6 is 11.6 Å². The van der Waals surface area contributed by atoms with E-state index < -0.39 is 10.8 Å². The maximum Gasteiger partial charge on any atom is 0.241 e. The Balaban J connectivity index is 1.90. The van der Waals surface area contributed by atoms with Gasteiger partial charge in [-0.2, -0.15) is 0 Å². The molecule has 92 valence electrons. The minimum Gasteiger partial charge on any atom is -0.318 e. The quantitative estimate of drug-likeness (QED) is 0.834. The van der Waals surface area contributed by atoms with Crippen molar-refractivity contribution < 1.29 is 4.79 Å². The number of benzene rings is 1. The second kappa shape index (κ2) is 5.17. The van der Waals surface area contributed by atoms with Crippen molar-refractivity contribution in [3.8, 4) is 0 Å². The van der Waals surface area contributed by atoms with Crippen LogP contribution in [-0.2, 0) is 11.3 Å². The number of hydrogen-bond donors (Lipinski definition) is 1. The van der Waals surface area contributed by atoms with Gasteiger partial charge in [0.15, 0.2) is 0 Å². The first-order valence-corrected chi connectivity index (χ1v) is 6.23. The van der Waals surface area contributed by atoms with Gasteiger partial charge in [0.05, 0.1) is 5.54 Å². The van der Waals surface area contributed by atoms with Gasteiger partial charge in [-0.05, 0) is 30.0 Å². The molecular formula is C13H17ClN2O. The minimum atomic E-state index is -0.811. The topological polar surface area (TPSA) is 46.3 Å². The molecule has 1 saturated heterocycles. The number of piperidine rings is 1. The highest BCUT2D eigenvalue weighted by Crippen LogP contribution is 2.23. The highest BCUT2D eigenvalue weighted by molar-refractivity contribution is 6.65. The Morgan fingerprint density at radius 3 is 2.41 bits per heavy atom. The molecule has 2 N–H and O–H groups in total. The summed E-state index contributed by atoms with van der Waals surface area (Å²) in [6.45, 7) is 2.56. The first-order chi connectivity index (χ1) is 8.10. The molecule has 0 bridgehead atoms. The molecule has 0 atom stereocenters. The standard InChI is InChI=1S/C13H17ClN2O/c14-12(17)13(15)6-8-16(9-7-13)10-11-4-2-1-3-5-11/h1-5H,6-10,15H2. The van der Waals surface area contributed by atoms with Crippen LogP contribution in [0.4, 0.5) is 0 Å². The number of carbonyl (C=O) groups is 1. The van der Waals surface area contributed by atoms with E-state index >= 15 is 0 Å². The number of rotatable bonds is 3. The van der Waals surface area contributed by atoms with E-state index in [-0.39, 0.29) is 0 Å². The molecule has 1 aliphatic heterocycles. The molecule has 1 fully saturated rings. The van der Waals surface area contributed by atoms with E-state index in [0.29, 0.717) is 12.8 Å². The average Bonchev–Trinajstić information content (AvgIpc) is 2.33. The molecule has 4 heteroatoms. The number of hydrogen-bond acceptors (Lipinski definition) is 3. The van der Waals surface area contributed by atoms with Gasteiger partial charge in [-0.3, -0.25) is 9.69 Å². The highest BCUT2D eigenvalue weighted by Gasteiger charge is 2.36. The molecule has 0 radical (unpaired) electrons. The van der Waals surface area contributed by atoms with E-state index in [1.54, 1.807) is 0 Å². The number of nitrogens with two attached hydrogens (primary N) is 1. The Hall–Kier alpha value is -0.900. The van der Waals surface area contributed by atoms with Crippen LogP contribution in [0.25, 0.3) is 0 Å². The highest BCUT2D eigenvalue weighted by atomic mass is 35.5. The Morgan fingerprint density at radius 1 is 1.29 bits per heavy atom. The summed E-state index contributed by atoms with van der Waals surface area (Å²) in [4.78, 5) is 13.5. The molecule has 1 heterocycles. The third-order valence-corrected chi connectivity index (χ3v) is 3.77. The van der Waals surface area contributed by atoms with Gasteiger partial charge in [-0.25, -0.2) is 0 Å². The molecule has 1 aromatic carbocycles. The van der Waals surface area contributed by atoms with Gasteiger partial charge in [0.25, 0.3) is 0 Å². The lowest BCUT2D eigenvalue weighted by atomic mass is 9.90. The van der Waals surface area contributed by atoms with Crippen molar-refractivity contribution in [3.05, 3.63) is 35.9 Å². The summed E-state index contributed by atoms with van der Waals surface area (Å²) in [6, 6.07) is 10.3. The normalized spacial score (nSPS) is 20.1. The zero-order valence-electron chi connectivity index (χ0n) is 9.73. The first-order valence-electron chi connectivity index (χ1n) is 5.85. The SMILES string of the molecule is NC1(C(=O)Cl)CCN(Cc2ccccc2)CC1. The summed E-state index contributed by atoms with van der Waals surface area (Å²) in [7, 11) is 0. The van der Waals surface area contributed by atoms with Crippen molar-refractivity contribution in [2.45, 2.75) is 24.9 Å². The summed E-state index contributed by atoms with van der Waals surface area (Å²) < 4.78 is 0. The fourth-order valence-corrected chi connectivity index (χ4v) is 2.34. The van der Waals surface area contributed by atoms with E-state index in [9.17, 15) is 4.79 Å². The van der Waals surface area contributed by atoms with Gasteiger partial charge in [0.1, 0.15) is 0 Å². The number of nitrogens with zero attached hydrogens (tertiary/aromatic N) is 1. The largest absolute Gasteiger partial charge is 0.318 e. The van der Waals surface area contributed by atoms with Gasteiger partial charge in [0, 0.05) is 19.6 Å². The van der Waals surface area contributed by atoms with E-state index in [1.165, 1.54) is 5.56 Å².